The van der Waals surface area contributed by atoms with Crippen LogP contribution in [0.15, 0.2) is 23.1 Å². The summed E-state index contributed by atoms with van der Waals surface area (Å²) in [6.45, 7) is 4.27. The van der Waals surface area contributed by atoms with E-state index in [1.807, 2.05) is 12.1 Å². The Hall–Kier alpha value is -0.180. The molecule has 1 aromatic carbocycles. The maximum atomic E-state index is 6.10. The minimum absolute atomic E-state index is 0.00164. The Morgan fingerprint density at radius 1 is 1.42 bits per heavy atom. The van der Waals surface area contributed by atoms with Gasteiger partial charge < -0.3 is 0 Å². The fourth-order valence-corrected chi connectivity index (χ4v) is 2.98. The van der Waals surface area contributed by atoms with Crippen LogP contribution in [0.25, 0.3) is 0 Å². The molecule has 0 bridgehead atoms. The number of rotatable bonds is 0. The summed E-state index contributed by atoms with van der Waals surface area (Å²) in [4.78, 5) is 1.24. The molecule has 0 amide bonds. The predicted octanol–water partition coefficient (Wildman–Crippen LogP) is 3.19. The van der Waals surface area contributed by atoms with Gasteiger partial charge in [0, 0.05) is 15.5 Å². The average Bonchev–Trinajstić information content (AvgIpc) is 2.29. The maximum Gasteiger partial charge on any atom is 0.0504 e. The lowest BCUT2D eigenvalue weighted by Gasteiger charge is -2.19. The number of halogens is 1. The van der Waals surface area contributed by atoms with Crippen LogP contribution in [0.1, 0.15) is 19.4 Å². The van der Waals surface area contributed by atoms with Crippen molar-refractivity contribution in [1.82, 2.24) is 4.72 Å². The van der Waals surface area contributed by atoms with Crippen molar-refractivity contribution >= 4 is 23.5 Å². The molecule has 1 aliphatic rings. The molecule has 0 unspecified atom stereocenters. The fraction of sp³-hybridized carbons (Fsp3) is 0.333. The second-order valence-electron chi connectivity index (χ2n) is 3.44. The number of hydrogen-bond donors (Lipinski definition) is 1. The first-order valence-electron chi connectivity index (χ1n) is 3.84. The van der Waals surface area contributed by atoms with Gasteiger partial charge in [0.1, 0.15) is 0 Å². The third-order valence-corrected chi connectivity index (χ3v) is 3.50. The van der Waals surface area contributed by atoms with E-state index in [2.05, 4.69) is 24.6 Å². The zero-order valence-electron chi connectivity index (χ0n) is 7.02. The Kier molecular flexibility index (Phi) is 1.86. The van der Waals surface area contributed by atoms with Crippen molar-refractivity contribution in [2.24, 2.45) is 0 Å². The molecule has 3 heteroatoms. The molecule has 0 fully saturated rings. The van der Waals surface area contributed by atoms with E-state index < -0.39 is 0 Å². The van der Waals surface area contributed by atoms with Crippen LogP contribution < -0.4 is 4.72 Å². The number of nitrogens with one attached hydrogen (secondary N) is 1. The molecule has 1 aromatic rings. The van der Waals surface area contributed by atoms with E-state index in [9.17, 15) is 0 Å². The van der Waals surface area contributed by atoms with Gasteiger partial charge in [-0.1, -0.05) is 17.7 Å². The molecule has 1 heterocycles. The van der Waals surface area contributed by atoms with Crippen molar-refractivity contribution in [1.29, 1.82) is 0 Å². The highest BCUT2D eigenvalue weighted by molar-refractivity contribution is 7.97. The SMILES string of the molecule is CC1(C)NSc2cccc(Cl)c21. The number of benzene rings is 1. The molecule has 0 atom stereocenters. The topological polar surface area (TPSA) is 12.0 Å². The van der Waals surface area contributed by atoms with Crippen LogP contribution in [0.3, 0.4) is 0 Å². The van der Waals surface area contributed by atoms with Gasteiger partial charge in [0.2, 0.25) is 0 Å². The number of fused-ring (bicyclic) bond motifs is 1. The second-order valence-corrected chi connectivity index (χ2v) is 4.70. The fourth-order valence-electron chi connectivity index (χ4n) is 1.43. The first-order chi connectivity index (χ1) is 5.61. The largest absolute Gasteiger partial charge is 0.250 e. The van der Waals surface area contributed by atoms with Gasteiger partial charge in [-0.05, 0) is 37.9 Å². The van der Waals surface area contributed by atoms with Crippen LogP contribution in [0.4, 0.5) is 0 Å². The summed E-state index contributed by atoms with van der Waals surface area (Å²) in [5, 5.41) is 0.856. The van der Waals surface area contributed by atoms with Gasteiger partial charge in [-0.25, -0.2) is 4.72 Å². The quantitative estimate of drug-likeness (QED) is 0.645. The Balaban J connectivity index is 2.64. The molecule has 0 aliphatic carbocycles. The van der Waals surface area contributed by atoms with E-state index in [1.165, 1.54) is 10.5 Å². The van der Waals surface area contributed by atoms with Crippen LogP contribution in [-0.4, -0.2) is 0 Å². The Morgan fingerprint density at radius 3 is 2.83 bits per heavy atom. The molecular formula is C9H10ClNS. The minimum atomic E-state index is -0.00164. The highest BCUT2D eigenvalue weighted by Gasteiger charge is 2.31. The normalized spacial score (nSPS) is 19.2. The van der Waals surface area contributed by atoms with E-state index in [0.717, 1.165) is 5.02 Å². The summed E-state index contributed by atoms with van der Waals surface area (Å²) in [6, 6.07) is 6.01. The highest BCUT2D eigenvalue weighted by Crippen LogP contribution is 2.42. The monoisotopic (exact) mass is 199 g/mol. The van der Waals surface area contributed by atoms with E-state index >= 15 is 0 Å². The zero-order valence-corrected chi connectivity index (χ0v) is 8.59. The second kappa shape index (κ2) is 2.66. The molecule has 0 saturated heterocycles. The van der Waals surface area contributed by atoms with Gasteiger partial charge in [-0.2, -0.15) is 0 Å². The molecule has 1 nitrogen and oxygen atoms in total. The highest BCUT2D eigenvalue weighted by atomic mass is 35.5. The van der Waals surface area contributed by atoms with Crippen LogP contribution in [0.2, 0.25) is 5.02 Å². The Morgan fingerprint density at radius 2 is 2.17 bits per heavy atom. The third kappa shape index (κ3) is 1.15. The van der Waals surface area contributed by atoms with Crippen molar-refractivity contribution in [2.75, 3.05) is 0 Å². The summed E-state index contributed by atoms with van der Waals surface area (Å²) in [5.41, 5.74) is 1.22. The van der Waals surface area contributed by atoms with E-state index in [0.29, 0.717) is 0 Å². The molecule has 0 saturated carbocycles. The molecular weight excluding hydrogens is 190 g/mol. The molecule has 2 rings (SSSR count). The van der Waals surface area contributed by atoms with Gasteiger partial charge in [-0.15, -0.1) is 0 Å². The van der Waals surface area contributed by atoms with Gasteiger partial charge in [0.25, 0.3) is 0 Å². The van der Waals surface area contributed by atoms with Gasteiger partial charge in [0.05, 0.1) is 5.54 Å². The van der Waals surface area contributed by atoms with Crippen molar-refractivity contribution in [2.45, 2.75) is 24.3 Å². The third-order valence-electron chi connectivity index (χ3n) is 2.02. The molecule has 0 aromatic heterocycles. The van der Waals surface area contributed by atoms with Crippen LogP contribution >= 0.6 is 23.5 Å². The molecule has 0 radical (unpaired) electrons. The first kappa shape index (κ1) is 8.42. The predicted molar refractivity (Wildman–Crippen MR) is 53.5 cm³/mol. The van der Waals surface area contributed by atoms with E-state index in [-0.39, 0.29) is 5.54 Å². The summed E-state index contributed by atoms with van der Waals surface area (Å²) >= 11 is 7.76. The van der Waals surface area contributed by atoms with Crippen LogP contribution in [0, 0.1) is 0 Å². The lowest BCUT2D eigenvalue weighted by atomic mass is 9.96. The molecule has 12 heavy (non-hydrogen) atoms. The Labute approximate surface area is 81.6 Å². The van der Waals surface area contributed by atoms with Gasteiger partial charge in [0.15, 0.2) is 0 Å². The molecule has 64 valence electrons. The summed E-state index contributed by atoms with van der Waals surface area (Å²) in [7, 11) is 0. The molecule has 1 aliphatic heterocycles. The van der Waals surface area contributed by atoms with Crippen LogP contribution in [0.5, 0.6) is 0 Å². The van der Waals surface area contributed by atoms with Crippen molar-refractivity contribution < 1.29 is 0 Å². The standard InChI is InChI=1S/C9H10ClNS/c1-9(2)8-6(10)4-3-5-7(8)12-11-9/h3-5,11H,1-2H3. The molecule has 1 N–H and O–H groups in total. The smallest absolute Gasteiger partial charge is 0.0504 e. The Bertz CT molecular complexity index is 322. The lowest BCUT2D eigenvalue weighted by Crippen LogP contribution is -2.26. The van der Waals surface area contributed by atoms with Crippen molar-refractivity contribution in [3.63, 3.8) is 0 Å². The van der Waals surface area contributed by atoms with Crippen molar-refractivity contribution in [3.05, 3.63) is 28.8 Å². The van der Waals surface area contributed by atoms with E-state index in [1.54, 1.807) is 11.9 Å². The van der Waals surface area contributed by atoms with E-state index in [4.69, 9.17) is 11.6 Å². The summed E-state index contributed by atoms with van der Waals surface area (Å²) in [6.07, 6.45) is 0. The van der Waals surface area contributed by atoms with Crippen molar-refractivity contribution in [3.8, 4) is 0 Å². The minimum Gasteiger partial charge on any atom is -0.250 e. The summed E-state index contributed by atoms with van der Waals surface area (Å²) in [5.74, 6) is 0. The summed E-state index contributed by atoms with van der Waals surface area (Å²) < 4.78 is 3.33. The number of hydrogen-bond acceptors (Lipinski definition) is 2. The first-order valence-corrected chi connectivity index (χ1v) is 5.04. The molecule has 0 spiro atoms. The average molecular weight is 200 g/mol. The lowest BCUT2D eigenvalue weighted by molar-refractivity contribution is 0.517. The zero-order chi connectivity index (χ0) is 8.77. The van der Waals surface area contributed by atoms with Gasteiger partial charge >= 0.3 is 0 Å². The van der Waals surface area contributed by atoms with Crippen LogP contribution in [-0.2, 0) is 5.54 Å². The maximum absolute atomic E-state index is 6.10. The van der Waals surface area contributed by atoms with Gasteiger partial charge in [-0.3, -0.25) is 0 Å².